The predicted molar refractivity (Wildman–Crippen MR) is 123 cm³/mol. The van der Waals surface area contributed by atoms with Gasteiger partial charge >= 0.3 is 11.9 Å². The van der Waals surface area contributed by atoms with Gasteiger partial charge in [0.2, 0.25) is 0 Å². The van der Waals surface area contributed by atoms with Crippen molar-refractivity contribution in [3.05, 3.63) is 76.3 Å². The molecular weight excluding hydrogens is 453 g/mol. The standard InChI is InChI=1S/C20H21Cl2NO.C4H4O4/c21-19-9-8-17(12-20(19)22)24-18-10-15-6-7-16(11-18)23(15)13-14-4-2-1-3-5-14;5-3(6)1-2-4(7)8/h1-5,8-9,12,15-16,18H,6-7,10-11,13H2;1-2H,(H,5,6)(H,7,8). The summed E-state index contributed by atoms with van der Waals surface area (Å²) in [5, 5.41) is 16.7. The number of halogens is 2. The normalized spacial score (nSPS) is 22.2. The van der Waals surface area contributed by atoms with Gasteiger partial charge in [0.05, 0.1) is 10.0 Å². The Labute approximate surface area is 197 Å². The van der Waals surface area contributed by atoms with Gasteiger partial charge in [-0.3, -0.25) is 4.90 Å². The topological polar surface area (TPSA) is 87.1 Å². The van der Waals surface area contributed by atoms with Crippen LogP contribution in [0.2, 0.25) is 10.0 Å². The maximum absolute atomic E-state index is 9.55. The summed E-state index contributed by atoms with van der Waals surface area (Å²) in [6.07, 6.45) is 6.11. The highest BCUT2D eigenvalue weighted by Gasteiger charge is 2.41. The fraction of sp³-hybridized carbons (Fsp3) is 0.333. The molecule has 2 aromatic rings. The lowest BCUT2D eigenvalue weighted by Crippen LogP contribution is -2.45. The third-order valence-electron chi connectivity index (χ3n) is 5.61. The zero-order chi connectivity index (χ0) is 23.1. The van der Waals surface area contributed by atoms with Crippen molar-refractivity contribution in [2.75, 3.05) is 0 Å². The van der Waals surface area contributed by atoms with E-state index >= 15 is 0 Å². The molecule has 0 aromatic heterocycles. The molecule has 4 rings (SSSR count). The van der Waals surface area contributed by atoms with Crippen molar-refractivity contribution in [1.29, 1.82) is 0 Å². The summed E-state index contributed by atoms with van der Waals surface area (Å²) < 4.78 is 6.20. The molecule has 8 heteroatoms. The van der Waals surface area contributed by atoms with E-state index in [9.17, 15) is 9.59 Å². The Hall–Kier alpha value is -2.54. The molecule has 2 unspecified atom stereocenters. The van der Waals surface area contributed by atoms with Crippen molar-refractivity contribution in [1.82, 2.24) is 4.90 Å². The summed E-state index contributed by atoms with van der Waals surface area (Å²) >= 11 is 12.1. The van der Waals surface area contributed by atoms with Gasteiger partial charge in [-0.15, -0.1) is 0 Å². The Morgan fingerprint density at radius 1 is 0.938 bits per heavy atom. The van der Waals surface area contributed by atoms with Crippen LogP contribution < -0.4 is 4.74 Å². The number of benzene rings is 2. The minimum Gasteiger partial charge on any atom is -0.490 e. The summed E-state index contributed by atoms with van der Waals surface area (Å²) in [6, 6.07) is 17.5. The van der Waals surface area contributed by atoms with Crippen LogP contribution in [0.3, 0.4) is 0 Å². The van der Waals surface area contributed by atoms with Gasteiger partial charge in [0.1, 0.15) is 11.9 Å². The number of nitrogens with zero attached hydrogens (tertiary/aromatic N) is 1. The first-order valence-electron chi connectivity index (χ1n) is 10.4. The lowest BCUT2D eigenvalue weighted by Gasteiger charge is -2.39. The van der Waals surface area contributed by atoms with E-state index in [4.69, 9.17) is 38.2 Å². The molecule has 0 saturated carbocycles. The highest BCUT2D eigenvalue weighted by molar-refractivity contribution is 6.42. The van der Waals surface area contributed by atoms with E-state index < -0.39 is 11.9 Å². The summed E-state index contributed by atoms with van der Waals surface area (Å²) in [6.45, 7) is 1.05. The first kappa shape index (κ1) is 24.1. The molecule has 0 radical (unpaired) electrons. The third kappa shape index (κ3) is 6.99. The fourth-order valence-electron chi connectivity index (χ4n) is 4.26. The monoisotopic (exact) mass is 477 g/mol. The van der Waals surface area contributed by atoms with E-state index in [2.05, 4.69) is 35.2 Å². The number of hydrogen-bond donors (Lipinski definition) is 2. The van der Waals surface area contributed by atoms with E-state index in [1.54, 1.807) is 6.07 Å². The zero-order valence-electron chi connectivity index (χ0n) is 17.4. The number of carboxylic acid groups (broad SMARTS) is 2. The molecule has 0 spiro atoms. The molecule has 2 aliphatic heterocycles. The SMILES string of the molecule is Clc1ccc(OC2CC3CCC(C2)N3Cc2ccccc2)cc1Cl.O=C(O)C=CC(=O)O. The van der Waals surface area contributed by atoms with Crippen LogP contribution in [0.1, 0.15) is 31.2 Å². The van der Waals surface area contributed by atoms with Crippen LogP contribution in [-0.2, 0) is 16.1 Å². The highest BCUT2D eigenvalue weighted by Crippen LogP contribution is 2.38. The van der Waals surface area contributed by atoms with Crippen LogP contribution >= 0.6 is 23.2 Å². The van der Waals surface area contributed by atoms with E-state index in [-0.39, 0.29) is 6.10 Å². The smallest absolute Gasteiger partial charge is 0.328 e. The minimum atomic E-state index is -1.26. The number of piperidine rings is 1. The second kappa shape index (κ2) is 11.4. The van der Waals surface area contributed by atoms with E-state index in [0.717, 1.165) is 25.1 Å². The molecule has 0 aliphatic carbocycles. The van der Waals surface area contributed by atoms with Crippen LogP contribution in [0.25, 0.3) is 0 Å². The average molecular weight is 478 g/mol. The van der Waals surface area contributed by atoms with Crippen molar-refractivity contribution in [2.24, 2.45) is 0 Å². The number of carboxylic acids is 2. The first-order valence-corrected chi connectivity index (χ1v) is 11.1. The molecule has 6 nitrogen and oxygen atoms in total. The Morgan fingerprint density at radius 2 is 1.53 bits per heavy atom. The van der Waals surface area contributed by atoms with Crippen LogP contribution in [0.15, 0.2) is 60.7 Å². The van der Waals surface area contributed by atoms with Crippen molar-refractivity contribution in [3.8, 4) is 5.75 Å². The number of hydrogen-bond acceptors (Lipinski definition) is 4. The van der Waals surface area contributed by atoms with Crippen molar-refractivity contribution in [2.45, 2.75) is 50.4 Å². The fourth-order valence-corrected chi connectivity index (χ4v) is 4.55. The van der Waals surface area contributed by atoms with E-state index in [1.165, 1.54) is 18.4 Å². The summed E-state index contributed by atoms with van der Waals surface area (Å²) in [4.78, 5) is 21.8. The van der Waals surface area contributed by atoms with Gasteiger partial charge in [0, 0.05) is 36.8 Å². The van der Waals surface area contributed by atoms with Crippen LogP contribution in [-0.4, -0.2) is 45.2 Å². The Kier molecular flexibility index (Phi) is 8.56. The lowest BCUT2D eigenvalue weighted by molar-refractivity contribution is -0.134. The van der Waals surface area contributed by atoms with Gasteiger partial charge in [-0.25, -0.2) is 9.59 Å². The van der Waals surface area contributed by atoms with Crippen LogP contribution in [0, 0.1) is 0 Å². The maximum Gasteiger partial charge on any atom is 0.328 e. The average Bonchev–Trinajstić information content (AvgIpc) is 2.98. The molecule has 2 fully saturated rings. The maximum atomic E-state index is 9.55. The number of rotatable bonds is 6. The molecule has 2 N–H and O–H groups in total. The minimum absolute atomic E-state index is 0.270. The number of ether oxygens (including phenoxy) is 1. The zero-order valence-corrected chi connectivity index (χ0v) is 18.9. The Morgan fingerprint density at radius 3 is 2.06 bits per heavy atom. The highest BCUT2D eigenvalue weighted by atomic mass is 35.5. The largest absolute Gasteiger partial charge is 0.490 e. The quantitative estimate of drug-likeness (QED) is 0.550. The first-order chi connectivity index (χ1) is 15.3. The van der Waals surface area contributed by atoms with Crippen LogP contribution in [0.4, 0.5) is 0 Å². The lowest BCUT2D eigenvalue weighted by atomic mass is 9.98. The second-order valence-electron chi connectivity index (χ2n) is 7.84. The number of aliphatic carboxylic acids is 2. The number of fused-ring (bicyclic) bond motifs is 2. The second-order valence-corrected chi connectivity index (χ2v) is 8.65. The molecule has 2 atom stereocenters. The van der Waals surface area contributed by atoms with Crippen molar-refractivity contribution >= 4 is 35.1 Å². The molecule has 2 aliphatic rings. The Balaban J connectivity index is 0.000000312. The van der Waals surface area contributed by atoms with Gasteiger partial charge in [-0.2, -0.15) is 0 Å². The summed E-state index contributed by atoms with van der Waals surface area (Å²) in [5.41, 5.74) is 1.40. The predicted octanol–water partition coefficient (Wildman–Crippen LogP) is 5.28. The molecule has 2 bridgehead atoms. The molecular formula is C24H25Cl2NO5. The van der Waals surface area contributed by atoms with Gasteiger partial charge < -0.3 is 14.9 Å². The molecule has 2 saturated heterocycles. The van der Waals surface area contributed by atoms with Crippen molar-refractivity contribution in [3.63, 3.8) is 0 Å². The molecule has 0 amide bonds. The molecule has 2 aromatic carbocycles. The summed E-state index contributed by atoms with van der Waals surface area (Å²) in [7, 11) is 0. The van der Waals surface area contributed by atoms with Gasteiger partial charge in [-0.05, 0) is 43.4 Å². The van der Waals surface area contributed by atoms with Gasteiger partial charge in [0.15, 0.2) is 0 Å². The van der Waals surface area contributed by atoms with E-state index in [0.29, 0.717) is 34.3 Å². The molecule has 32 heavy (non-hydrogen) atoms. The number of carbonyl (C=O) groups is 2. The summed E-state index contributed by atoms with van der Waals surface area (Å²) in [5.74, 6) is -1.69. The Bertz CT molecular complexity index is 936. The van der Waals surface area contributed by atoms with Crippen LogP contribution in [0.5, 0.6) is 5.75 Å². The van der Waals surface area contributed by atoms with Crippen molar-refractivity contribution < 1.29 is 24.5 Å². The molecule has 2 heterocycles. The molecule has 170 valence electrons. The van der Waals surface area contributed by atoms with Gasteiger partial charge in [-0.1, -0.05) is 53.5 Å². The van der Waals surface area contributed by atoms with Gasteiger partial charge in [0.25, 0.3) is 0 Å². The van der Waals surface area contributed by atoms with E-state index in [1.807, 2.05) is 12.1 Å². The third-order valence-corrected chi connectivity index (χ3v) is 6.35.